The second kappa shape index (κ2) is 6.65. The molecule has 1 saturated carbocycles. The summed E-state index contributed by atoms with van der Waals surface area (Å²) in [6.45, 7) is 2.89. The molecule has 0 spiro atoms. The zero-order valence-corrected chi connectivity index (χ0v) is 14.9. The van der Waals surface area contributed by atoms with Crippen molar-refractivity contribution in [1.29, 1.82) is 0 Å². The van der Waals surface area contributed by atoms with E-state index in [9.17, 15) is 8.42 Å². The summed E-state index contributed by atoms with van der Waals surface area (Å²) >= 11 is 6.07. The molecule has 2 fully saturated rings. The van der Waals surface area contributed by atoms with Crippen LogP contribution in [0.4, 0.5) is 0 Å². The van der Waals surface area contributed by atoms with Gasteiger partial charge in [-0.05, 0) is 49.3 Å². The van der Waals surface area contributed by atoms with Gasteiger partial charge in [0.15, 0.2) is 0 Å². The maximum Gasteiger partial charge on any atom is 0.243 e. The molecule has 3 atom stereocenters. The average Bonchev–Trinajstić information content (AvgIpc) is 2.88. The Morgan fingerprint density at radius 3 is 2.68 bits per heavy atom. The highest BCUT2D eigenvalue weighted by Gasteiger charge is 2.43. The highest BCUT2D eigenvalue weighted by molar-refractivity contribution is 7.89. The minimum atomic E-state index is -3.48. The predicted octanol–water partition coefficient (Wildman–Crippen LogP) is 2.82. The summed E-state index contributed by atoms with van der Waals surface area (Å²) in [4.78, 5) is 0.321. The van der Waals surface area contributed by atoms with E-state index in [1.807, 2.05) is 0 Å². The number of nitrogens with two attached hydrogens (primary N) is 1. The molecule has 7 heteroatoms. The Labute approximate surface area is 143 Å². The zero-order valence-electron chi connectivity index (χ0n) is 12.5. The van der Waals surface area contributed by atoms with E-state index in [4.69, 9.17) is 17.3 Å². The van der Waals surface area contributed by atoms with E-state index in [-0.39, 0.29) is 18.4 Å². The molecular weight excluding hydrogens is 343 g/mol. The van der Waals surface area contributed by atoms with Gasteiger partial charge < -0.3 is 5.73 Å². The average molecular weight is 365 g/mol. The van der Waals surface area contributed by atoms with E-state index in [1.165, 1.54) is 0 Å². The van der Waals surface area contributed by atoms with Gasteiger partial charge in [-0.1, -0.05) is 24.1 Å². The lowest BCUT2D eigenvalue weighted by Crippen LogP contribution is -2.38. The minimum Gasteiger partial charge on any atom is -0.327 e. The number of nitrogens with zero attached hydrogens (tertiary/aromatic N) is 1. The molecule has 0 radical (unpaired) electrons. The van der Waals surface area contributed by atoms with Crippen molar-refractivity contribution in [2.24, 2.45) is 17.6 Å². The molecule has 1 aliphatic carbocycles. The molecule has 2 aliphatic rings. The molecular formula is C15H22Cl2N2O2S. The fraction of sp³-hybridized carbons (Fsp3) is 0.600. The fourth-order valence-corrected chi connectivity index (χ4v) is 5.69. The van der Waals surface area contributed by atoms with Crippen LogP contribution in [-0.4, -0.2) is 31.9 Å². The molecule has 22 heavy (non-hydrogen) atoms. The predicted molar refractivity (Wildman–Crippen MR) is 91.0 cm³/mol. The number of hydrogen-bond donors (Lipinski definition) is 1. The second-order valence-electron chi connectivity index (χ2n) is 6.20. The zero-order chi connectivity index (χ0) is 15.2. The maximum atomic E-state index is 12.9. The number of hydrogen-bond acceptors (Lipinski definition) is 3. The Bertz CT molecular complexity index is 651. The molecule has 1 aromatic carbocycles. The van der Waals surface area contributed by atoms with Gasteiger partial charge >= 0.3 is 0 Å². The first kappa shape index (κ1) is 18.0. The third kappa shape index (κ3) is 3.02. The summed E-state index contributed by atoms with van der Waals surface area (Å²) in [6, 6.07) is 5.18. The fourth-order valence-electron chi connectivity index (χ4n) is 3.68. The molecule has 0 aromatic heterocycles. The number of rotatable bonds is 2. The van der Waals surface area contributed by atoms with Crippen LogP contribution >= 0.6 is 24.0 Å². The molecule has 4 nitrogen and oxygen atoms in total. The summed E-state index contributed by atoms with van der Waals surface area (Å²) in [5, 5.41) is 0.490. The Hall–Kier alpha value is -0.330. The first-order chi connectivity index (χ1) is 9.91. The number of fused-ring (bicyclic) bond motifs is 1. The van der Waals surface area contributed by atoms with Crippen molar-refractivity contribution in [3.63, 3.8) is 0 Å². The van der Waals surface area contributed by atoms with Gasteiger partial charge in [-0.3, -0.25) is 0 Å². The van der Waals surface area contributed by atoms with E-state index in [0.717, 1.165) is 19.3 Å². The van der Waals surface area contributed by atoms with Crippen LogP contribution in [0.15, 0.2) is 23.1 Å². The Kier molecular flexibility index (Phi) is 5.45. The van der Waals surface area contributed by atoms with Crippen molar-refractivity contribution in [2.45, 2.75) is 37.1 Å². The first-order valence-corrected chi connectivity index (χ1v) is 9.24. The molecule has 1 aromatic rings. The third-order valence-electron chi connectivity index (χ3n) is 4.96. The van der Waals surface area contributed by atoms with Crippen LogP contribution in [0.3, 0.4) is 0 Å². The summed E-state index contributed by atoms with van der Waals surface area (Å²) in [7, 11) is -3.48. The molecule has 1 heterocycles. The molecule has 124 valence electrons. The van der Waals surface area contributed by atoms with Crippen molar-refractivity contribution in [3.8, 4) is 0 Å². The Balaban J connectivity index is 0.00000176. The van der Waals surface area contributed by atoms with Crippen LogP contribution in [0.1, 0.15) is 24.8 Å². The molecule has 0 amide bonds. The van der Waals surface area contributed by atoms with Crippen LogP contribution in [0.25, 0.3) is 0 Å². The maximum absolute atomic E-state index is 12.9. The van der Waals surface area contributed by atoms with E-state index < -0.39 is 10.0 Å². The van der Waals surface area contributed by atoms with Crippen LogP contribution in [-0.2, 0) is 10.0 Å². The largest absolute Gasteiger partial charge is 0.327 e. The van der Waals surface area contributed by atoms with Gasteiger partial charge in [-0.15, -0.1) is 12.4 Å². The summed E-state index contributed by atoms with van der Waals surface area (Å²) < 4.78 is 27.4. The van der Waals surface area contributed by atoms with Crippen molar-refractivity contribution >= 4 is 34.0 Å². The van der Waals surface area contributed by atoms with Crippen molar-refractivity contribution in [2.75, 3.05) is 13.1 Å². The van der Waals surface area contributed by atoms with Crippen LogP contribution in [0.5, 0.6) is 0 Å². The highest BCUT2D eigenvalue weighted by atomic mass is 35.5. The van der Waals surface area contributed by atoms with Crippen molar-refractivity contribution in [3.05, 3.63) is 28.8 Å². The summed E-state index contributed by atoms with van der Waals surface area (Å²) in [5.41, 5.74) is 6.80. The van der Waals surface area contributed by atoms with Gasteiger partial charge in [-0.25, -0.2) is 8.42 Å². The van der Waals surface area contributed by atoms with Gasteiger partial charge in [0.1, 0.15) is 0 Å². The monoisotopic (exact) mass is 364 g/mol. The van der Waals surface area contributed by atoms with Crippen LogP contribution in [0.2, 0.25) is 5.02 Å². The van der Waals surface area contributed by atoms with Crippen molar-refractivity contribution < 1.29 is 8.42 Å². The van der Waals surface area contributed by atoms with Gasteiger partial charge in [0.2, 0.25) is 10.0 Å². The van der Waals surface area contributed by atoms with Crippen LogP contribution in [0, 0.1) is 18.8 Å². The molecule has 3 unspecified atom stereocenters. The van der Waals surface area contributed by atoms with Gasteiger partial charge in [-0.2, -0.15) is 4.31 Å². The minimum absolute atomic E-state index is 0. The molecule has 1 aliphatic heterocycles. The lowest BCUT2D eigenvalue weighted by molar-refractivity contribution is 0.260. The Morgan fingerprint density at radius 1 is 1.27 bits per heavy atom. The normalized spacial score (nSPS) is 29.0. The third-order valence-corrected chi connectivity index (χ3v) is 7.34. The van der Waals surface area contributed by atoms with Crippen molar-refractivity contribution in [1.82, 2.24) is 4.31 Å². The topological polar surface area (TPSA) is 63.4 Å². The number of sulfonamides is 1. The van der Waals surface area contributed by atoms with Crippen LogP contribution < -0.4 is 5.73 Å². The summed E-state index contributed by atoms with van der Waals surface area (Å²) in [6.07, 6.45) is 3.19. The molecule has 0 bridgehead atoms. The first-order valence-electron chi connectivity index (χ1n) is 7.42. The smallest absolute Gasteiger partial charge is 0.243 e. The number of benzene rings is 1. The Morgan fingerprint density at radius 2 is 2.00 bits per heavy atom. The second-order valence-corrected chi connectivity index (χ2v) is 8.52. The summed E-state index contributed by atoms with van der Waals surface area (Å²) in [5.74, 6) is 0.705. The number of halogens is 2. The van der Waals surface area contributed by atoms with E-state index in [1.54, 1.807) is 29.4 Å². The molecule has 1 saturated heterocycles. The molecule has 2 N–H and O–H groups in total. The lowest BCUT2D eigenvalue weighted by atomic mass is 9.78. The quantitative estimate of drug-likeness (QED) is 0.877. The van der Waals surface area contributed by atoms with E-state index >= 15 is 0 Å². The van der Waals surface area contributed by atoms with Gasteiger partial charge in [0.05, 0.1) is 4.90 Å². The van der Waals surface area contributed by atoms with E-state index in [2.05, 4.69) is 0 Å². The van der Waals surface area contributed by atoms with E-state index in [0.29, 0.717) is 40.4 Å². The highest BCUT2D eigenvalue weighted by Crippen LogP contribution is 2.38. The van der Waals surface area contributed by atoms with Gasteiger partial charge in [0, 0.05) is 24.2 Å². The van der Waals surface area contributed by atoms with Gasteiger partial charge in [0.25, 0.3) is 0 Å². The molecule has 3 rings (SSSR count). The SMILES string of the molecule is Cc1c(Cl)cccc1S(=O)(=O)N1CC2CCCC(N)C2C1.Cl. The lowest BCUT2D eigenvalue weighted by Gasteiger charge is -2.29. The standard InChI is InChI=1S/C15H21ClN2O2S.ClH/c1-10-13(16)5-3-7-15(10)21(19,20)18-8-11-4-2-6-14(17)12(11)9-18;/h3,5,7,11-12,14H,2,4,6,8-9,17H2,1H3;1H.